The van der Waals surface area contributed by atoms with Crippen molar-refractivity contribution in [3.8, 4) is 0 Å². The highest BCUT2D eigenvalue weighted by Crippen LogP contribution is 2.62. The number of methoxy groups -OCH3 is 1. The molecule has 0 aromatic heterocycles. The Bertz CT molecular complexity index is 727. The van der Waals surface area contributed by atoms with Crippen LogP contribution in [0.2, 0.25) is 24.2 Å². The van der Waals surface area contributed by atoms with Crippen LogP contribution in [0.3, 0.4) is 0 Å². The molecular formula is C26H44INO4Si. The Balaban J connectivity index is 1.69. The maximum Gasteiger partial charge on any atom is 0.256 e. The van der Waals surface area contributed by atoms with Gasteiger partial charge in [-0.3, -0.25) is 4.79 Å². The van der Waals surface area contributed by atoms with E-state index in [1.54, 1.807) is 0 Å². The minimum absolute atomic E-state index is 0.0188. The third-order valence-corrected chi connectivity index (χ3v) is 16.3. The molecule has 5 nitrogen and oxygen atoms in total. The van der Waals surface area contributed by atoms with Crippen molar-refractivity contribution < 1.29 is 19.4 Å². The lowest BCUT2D eigenvalue weighted by molar-refractivity contribution is -0.155. The molecule has 0 aromatic rings. The highest BCUT2D eigenvalue weighted by atomic mass is 127. The van der Waals surface area contributed by atoms with Crippen LogP contribution in [0.1, 0.15) is 58.3 Å². The summed E-state index contributed by atoms with van der Waals surface area (Å²) in [5.74, 6) is 0.636. The third kappa shape index (κ3) is 4.29. The second-order valence-corrected chi connectivity index (χ2v) is 18.5. The van der Waals surface area contributed by atoms with Gasteiger partial charge in [0.2, 0.25) is 0 Å². The van der Waals surface area contributed by atoms with Gasteiger partial charge in [-0.15, -0.1) is 6.58 Å². The molecule has 4 aliphatic rings. The molecule has 4 fully saturated rings. The molecule has 188 valence electrons. The molecule has 0 bridgehead atoms. The van der Waals surface area contributed by atoms with Gasteiger partial charge in [-0.05, 0) is 55.5 Å². The minimum Gasteiger partial charge on any atom is -0.396 e. The molecule has 7 atom stereocenters. The van der Waals surface area contributed by atoms with Crippen molar-refractivity contribution in [3.05, 3.63) is 12.7 Å². The topological polar surface area (TPSA) is 59.0 Å². The van der Waals surface area contributed by atoms with Gasteiger partial charge in [0, 0.05) is 36.1 Å². The molecule has 2 saturated carbocycles. The van der Waals surface area contributed by atoms with Crippen molar-refractivity contribution in [2.24, 2.45) is 11.8 Å². The Morgan fingerprint density at radius 2 is 1.97 bits per heavy atom. The normalized spacial score (nSPS) is 43.8. The molecule has 0 aromatic carbocycles. The van der Waals surface area contributed by atoms with E-state index in [-0.39, 0.29) is 36.5 Å². The first-order valence-electron chi connectivity index (χ1n) is 13.1. The fraction of sp³-hybridized carbons (Fsp3) is 0.885. The summed E-state index contributed by atoms with van der Waals surface area (Å²) in [6.45, 7) is 12.1. The maximum atomic E-state index is 14.2. The van der Waals surface area contributed by atoms with Crippen LogP contribution in [0, 0.1) is 11.8 Å². The van der Waals surface area contributed by atoms with Crippen molar-refractivity contribution >= 4 is 36.6 Å². The van der Waals surface area contributed by atoms with Crippen molar-refractivity contribution in [1.29, 1.82) is 0 Å². The molecule has 0 radical (unpaired) electrons. The minimum atomic E-state index is -1.80. The van der Waals surface area contributed by atoms with E-state index in [1.165, 1.54) is 19.3 Å². The third-order valence-electron chi connectivity index (χ3n) is 9.92. The van der Waals surface area contributed by atoms with Crippen LogP contribution in [-0.2, 0) is 14.3 Å². The van der Waals surface area contributed by atoms with Crippen molar-refractivity contribution in [1.82, 2.24) is 4.90 Å². The summed E-state index contributed by atoms with van der Waals surface area (Å²) < 4.78 is 13.3. The molecule has 4 rings (SSSR count). The number of hydrogen-bond donors (Lipinski definition) is 1. The van der Waals surface area contributed by atoms with Crippen LogP contribution in [0.15, 0.2) is 12.7 Å². The monoisotopic (exact) mass is 589 g/mol. The number of alkyl halides is 1. The van der Waals surface area contributed by atoms with E-state index in [0.717, 1.165) is 31.2 Å². The fourth-order valence-corrected chi connectivity index (χ4v) is 14.3. The van der Waals surface area contributed by atoms with E-state index in [2.05, 4.69) is 54.1 Å². The number of carbonyl (C=O) groups excluding carboxylic acids is 1. The Hall–Kier alpha value is 0.0369. The van der Waals surface area contributed by atoms with Crippen LogP contribution < -0.4 is 0 Å². The van der Waals surface area contributed by atoms with E-state index < -0.39 is 13.7 Å². The average molecular weight is 590 g/mol. The molecule has 2 aliphatic carbocycles. The SMILES string of the molecule is C=CCN1C(=O)[C@]2(O[C@H](CCO)[C@@H]([Si](C)(C)C3CCC(OC)CC3)[C@@H]2C)C2CC(I)CCC21. The van der Waals surface area contributed by atoms with Gasteiger partial charge in [-0.2, -0.15) is 0 Å². The van der Waals surface area contributed by atoms with Gasteiger partial charge in [-0.25, -0.2) is 0 Å². The second kappa shape index (κ2) is 10.2. The molecule has 1 amide bonds. The van der Waals surface area contributed by atoms with E-state index in [9.17, 15) is 9.90 Å². The van der Waals surface area contributed by atoms with E-state index in [1.807, 2.05) is 13.2 Å². The van der Waals surface area contributed by atoms with Gasteiger partial charge in [0.25, 0.3) is 5.91 Å². The average Bonchev–Trinajstić information content (AvgIpc) is 3.21. The van der Waals surface area contributed by atoms with Gasteiger partial charge in [0.05, 0.1) is 20.3 Å². The predicted octanol–water partition coefficient (Wildman–Crippen LogP) is 5.18. The molecule has 33 heavy (non-hydrogen) atoms. The Morgan fingerprint density at radius 1 is 1.27 bits per heavy atom. The lowest BCUT2D eigenvalue weighted by Gasteiger charge is -2.45. The lowest BCUT2D eigenvalue weighted by atomic mass is 9.71. The summed E-state index contributed by atoms with van der Waals surface area (Å²) in [5.41, 5.74) is 0.379. The molecule has 2 saturated heterocycles. The van der Waals surface area contributed by atoms with Crippen molar-refractivity contribution in [2.45, 2.75) is 110 Å². The van der Waals surface area contributed by atoms with Crippen LogP contribution >= 0.6 is 22.6 Å². The molecule has 1 N–H and O–H groups in total. The zero-order chi connectivity index (χ0) is 24.0. The van der Waals surface area contributed by atoms with Gasteiger partial charge >= 0.3 is 0 Å². The van der Waals surface area contributed by atoms with Crippen LogP contribution in [0.4, 0.5) is 0 Å². The highest BCUT2D eigenvalue weighted by Gasteiger charge is 2.70. The number of carbonyl (C=O) groups is 1. The fourth-order valence-electron chi connectivity index (χ4n) is 8.32. The smallest absolute Gasteiger partial charge is 0.256 e. The highest BCUT2D eigenvalue weighted by molar-refractivity contribution is 14.1. The van der Waals surface area contributed by atoms with Crippen LogP contribution in [0.5, 0.6) is 0 Å². The number of aliphatic hydroxyl groups is 1. The number of fused-ring (bicyclic) bond motifs is 2. The molecule has 3 unspecified atom stereocenters. The zero-order valence-corrected chi connectivity index (χ0v) is 24.1. The standard InChI is InChI=1S/C26H44INO4Si/c1-6-14-28-22-12-7-18(27)16-21(22)26(25(28)30)17(2)24(23(32-26)13-15-29)33(4,5)20-10-8-19(31-3)9-11-20/h6,17-24,29H,1,7-16H2,2-5H3/t17-,18?,19?,20?,21?,22?,23+,24-,26+/m0/s1. The summed E-state index contributed by atoms with van der Waals surface area (Å²) in [6.07, 6.45) is 10.9. The van der Waals surface area contributed by atoms with E-state index >= 15 is 0 Å². The van der Waals surface area contributed by atoms with Crippen molar-refractivity contribution in [2.75, 3.05) is 20.3 Å². The molecule has 2 heterocycles. The number of halogens is 1. The van der Waals surface area contributed by atoms with E-state index in [4.69, 9.17) is 9.47 Å². The summed E-state index contributed by atoms with van der Waals surface area (Å²) in [5, 5.41) is 9.99. The summed E-state index contributed by atoms with van der Waals surface area (Å²) in [7, 11) is 0.0396. The number of ether oxygens (including phenoxy) is 2. The number of hydrogen-bond acceptors (Lipinski definition) is 4. The van der Waals surface area contributed by atoms with Gasteiger partial charge in [-0.1, -0.05) is 61.5 Å². The number of rotatable bonds is 7. The number of likely N-dealkylation sites (tertiary alicyclic amines) is 1. The Labute approximate surface area is 215 Å². The van der Waals surface area contributed by atoms with Gasteiger partial charge in [0.15, 0.2) is 5.60 Å². The largest absolute Gasteiger partial charge is 0.396 e. The zero-order valence-electron chi connectivity index (χ0n) is 21.0. The first-order chi connectivity index (χ1) is 15.7. The van der Waals surface area contributed by atoms with Crippen LogP contribution in [0.25, 0.3) is 0 Å². The molecule has 2 aliphatic heterocycles. The van der Waals surface area contributed by atoms with Gasteiger partial charge in [0.1, 0.15) is 0 Å². The molecule has 1 spiro atoms. The molecule has 7 heteroatoms. The number of aliphatic hydroxyl groups excluding tert-OH is 1. The first kappa shape index (κ1) is 26.1. The van der Waals surface area contributed by atoms with E-state index in [0.29, 0.717) is 28.5 Å². The quantitative estimate of drug-likeness (QED) is 0.193. The Kier molecular flexibility index (Phi) is 8.06. The number of nitrogens with zero attached hydrogens (tertiary/aromatic N) is 1. The summed E-state index contributed by atoms with van der Waals surface area (Å²) in [4.78, 5) is 16.3. The summed E-state index contributed by atoms with van der Waals surface area (Å²) in [6, 6.07) is 0.263. The van der Waals surface area contributed by atoms with Gasteiger partial charge < -0.3 is 19.5 Å². The molecular weight excluding hydrogens is 545 g/mol. The lowest BCUT2D eigenvalue weighted by Crippen LogP contribution is -2.51. The Morgan fingerprint density at radius 3 is 2.58 bits per heavy atom. The number of amides is 1. The van der Waals surface area contributed by atoms with Crippen LogP contribution in [-0.4, -0.2) is 72.0 Å². The first-order valence-corrected chi connectivity index (χ1v) is 17.5. The summed E-state index contributed by atoms with van der Waals surface area (Å²) >= 11 is 2.58. The second-order valence-electron chi connectivity index (χ2n) is 11.6. The maximum absolute atomic E-state index is 14.2. The van der Waals surface area contributed by atoms with Crippen molar-refractivity contribution in [3.63, 3.8) is 0 Å². The predicted molar refractivity (Wildman–Crippen MR) is 144 cm³/mol.